The van der Waals surface area contributed by atoms with Gasteiger partial charge in [-0.2, -0.15) is 0 Å². The Kier molecular flexibility index (Phi) is 4.55. The largest absolute Gasteiger partial charge is 0.333 e. The molecule has 0 fully saturated rings. The normalized spacial score (nSPS) is 16.2. The lowest BCUT2D eigenvalue weighted by atomic mass is 9.86. The maximum Gasteiger partial charge on any atom is 0.0572 e. The van der Waals surface area contributed by atoms with E-state index in [2.05, 4.69) is 138 Å². The van der Waals surface area contributed by atoms with Gasteiger partial charge < -0.3 is 9.13 Å². The number of hydrogen-bond acceptors (Lipinski definition) is 0. The minimum absolute atomic E-state index is 0.230. The minimum Gasteiger partial charge on any atom is -0.333 e. The van der Waals surface area contributed by atoms with Crippen LogP contribution in [0.4, 0.5) is 0 Å². The second-order valence-electron chi connectivity index (χ2n) is 11.4. The summed E-state index contributed by atoms with van der Waals surface area (Å²) in [7, 11) is 0. The molecule has 0 N–H and O–H groups in total. The summed E-state index contributed by atoms with van der Waals surface area (Å²) in [6.07, 6.45) is 5.51. The fourth-order valence-corrected chi connectivity index (χ4v) is 7.65. The number of nitrogens with zero attached hydrogens (tertiary/aromatic N) is 2. The van der Waals surface area contributed by atoms with Crippen LogP contribution in [0.3, 0.4) is 0 Å². The second-order valence-corrected chi connectivity index (χ2v) is 11.4. The molecule has 2 heterocycles. The maximum atomic E-state index is 4.14. The van der Waals surface area contributed by atoms with Crippen molar-refractivity contribution in [3.05, 3.63) is 150 Å². The number of para-hydroxylation sites is 3. The molecule has 2 aromatic heterocycles. The molecule has 7 aromatic rings. The molecule has 0 saturated heterocycles. The average Bonchev–Trinajstić information content (AvgIpc) is 3.63. The van der Waals surface area contributed by atoms with Gasteiger partial charge in [0.2, 0.25) is 0 Å². The number of rotatable bonds is 3. The first-order chi connectivity index (χ1) is 20.2. The van der Waals surface area contributed by atoms with Crippen molar-refractivity contribution in [3.63, 3.8) is 0 Å². The van der Waals surface area contributed by atoms with Crippen molar-refractivity contribution in [3.8, 4) is 5.69 Å². The van der Waals surface area contributed by atoms with Gasteiger partial charge in [-0.25, -0.2) is 0 Å². The average molecular weight is 525 g/mol. The lowest BCUT2D eigenvalue weighted by molar-refractivity contribution is 0.633. The Morgan fingerprint density at radius 3 is 2.02 bits per heavy atom. The summed E-state index contributed by atoms with van der Waals surface area (Å²) in [5.74, 6) is 0. The van der Waals surface area contributed by atoms with E-state index in [0.29, 0.717) is 0 Å². The van der Waals surface area contributed by atoms with Gasteiger partial charge in [-0.1, -0.05) is 91.5 Å². The van der Waals surface area contributed by atoms with Crippen LogP contribution in [0.15, 0.2) is 133 Å². The van der Waals surface area contributed by atoms with Crippen molar-refractivity contribution >= 4 is 54.8 Å². The molecule has 5 aromatic carbocycles. The van der Waals surface area contributed by atoms with E-state index in [4.69, 9.17) is 0 Å². The smallest absolute Gasteiger partial charge is 0.0572 e. The zero-order valence-electron chi connectivity index (χ0n) is 22.9. The Balaban J connectivity index is 1.30. The molecule has 2 aliphatic carbocycles. The van der Waals surface area contributed by atoms with E-state index in [-0.39, 0.29) is 6.04 Å². The molecule has 9 rings (SSSR count). The molecule has 2 aliphatic rings. The quantitative estimate of drug-likeness (QED) is 0.218. The fourth-order valence-electron chi connectivity index (χ4n) is 7.65. The SMILES string of the molecule is C=CC1=C(C)C2=CC(n3c4ccccc4c4cc(-n5c6ccccc6c6ccccc65)ccc43)Cc3cccc1c32. The highest BCUT2D eigenvalue weighted by Crippen LogP contribution is 2.48. The van der Waals surface area contributed by atoms with Gasteiger partial charge in [-0.15, -0.1) is 0 Å². The van der Waals surface area contributed by atoms with Crippen LogP contribution in [0.25, 0.3) is 60.4 Å². The van der Waals surface area contributed by atoms with Gasteiger partial charge in [-0.3, -0.25) is 0 Å². The van der Waals surface area contributed by atoms with E-state index < -0.39 is 0 Å². The number of allylic oxidation sites excluding steroid dienone is 5. The highest BCUT2D eigenvalue weighted by Gasteiger charge is 2.31. The number of aromatic nitrogens is 2. The first-order valence-electron chi connectivity index (χ1n) is 14.4. The second kappa shape index (κ2) is 8.22. The summed E-state index contributed by atoms with van der Waals surface area (Å²) in [5.41, 5.74) is 14.4. The Hall–Kier alpha value is -5.08. The molecule has 1 atom stereocenters. The Labute approximate surface area is 238 Å². The molecule has 0 aliphatic heterocycles. The van der Waals surface area contributed by atoms with Crippen LogP contribution in [0.2, 0.25) is 0 Å². The molecular formula is C39H28N2. The number of benzene rings is 5. The lowest BCUT2D eigenvalue weighted by Crippen LogP contribution is -2.15. The highest BCUT2D eigenvalue weighted by atomic mass is 15.0. The van der Waals surface area contributed by atoms with Crippen LogP contribution in [-0.4, -0.2) is 9.13 Å². The van der Waals surface area contributed by atoms with Gasteiger partial charge in [0, 0.05) is 38.3 Å². The standard InChI is InChI=1S/C39H28N2/c1-3-28-24(2)33-23-27(21-25-11-10-15-32(28)39(25)33)41-37-18-9-6-14-31(37)34-22-26(19-20-38(34)41)40-35-16-7-4-12-29(35)30-13-5-8-17-36(30)40/h3-20,22-23,27H,1,21H2,2H3. The Morgan fingerprint density at radius 2 is 1.32 bits per heavy atom. The first-order valence-corrected chi connectivity index (χ1v) is 14.4. The summed E-state index contributed by atoms with van der Waals surface area (Å²) in [4.78, 5) is 0. The third kappa shape index (κ3) is 2.97. The highest BCUT2D eigenvalue weighted by molar-refractivity contribution is 6.12. The van der Waals surface area contributed by atoms with Gasteiger partial charge in [-0.05, 0) is 83.2 Å². The van der Waals surface area contributed by atoms with Crippen LogP contribution in [0, 0.1) is 0 Å². The topological polar surface area (TPSA) is 9.86 Å². The van der Waals surface area contributed by atoms with Gasteiger partial charge >= 0.3 is 0 Å². The van der Waals surface area contributed by atoms with E-state index in [1.807, 2.05) is 6.08 Å². The molecule has 0 amide bonds. The van der Waals surface area contributed by atoms with Crippen molar-refractivity contribution in [2.45, 2.75) is 19.4 Å². The Bertz CT molecular complexity index is 2260. The fraction of sp³-hybridized carbons (Fsp3) is 0.0769. The Morgan fingerprint density at radius 1 is 0.683 bits per heavy atom. The maximum absolute atomic E-state index is 4.14. The molecule has 0 spiro atoms. The molecule has 0 radical (unpaired) electrons. The summed E-state index contributed by atoms with van der Waals surface area (Å²) in [6, 6.07) is 40.4. The predicted molar refractivity (Wildman–Crippen MR) is 174 cm³/mol. The zero-order chi connectivity index (χ0) is 27.2. The van der Waals surface area contributed by atoms with Crippen molar-refractivity contribution in [1.29, 1.82) is 0 Å². The van der Waals surface area contributed by atoms with Gasteiger partial charge in [0.25, 0.3) is 0 Å². The van der Waals surface area contributed by atoms with E-state index in [1.165, 1.54) is 82.7 Å². The first kappa shape index (κ1) is 22.7. The van der Waals surface area contributed by atoms with Crippen LogP contribution in [-0.2, 0) is 6.42 Å². The lowest BCUT2D eigenvalue weighted by Gasteiger charge is -2.26. The summed E-state index contributed by atoms with van der Waals surface area (Å²) >= 11 is 0. The van der Waals surface area contributed by atoms with Crippen molar-refractivity contribution in [2.75, 3.05) is 0 Å². The molecule has 41 heavy (non-hydrogen) atoms. The third-order valence-corrected chi connectivity index (χ3v) is 9.37. The molecule has 2 nitrogen and oxygen atoms in total. The van der Waals surface area contributed by atoms with Crippen molar-refractivity contribution in [2.24, 2.45) is 0 Å². The summed E-state index contributed by atoms with van der Waals surface area (Å²) in [6.45, 7) is 6.39. The third-order valence-electron chi connectivity index (χ3n) is 9.37. The van der Waals surface area contributed by atoms with E-state index in [1.54, 1.807) is 0 Å². The van der Waals surface area contributed by atoms with E-state index in [9.17, 15) is 0 Å². The van der Waals surface area contributed by atoms with Crippen molar-refractivity contribution in [1.82, 2.24) is 9.13 Å². The van der Waals surface area contributed by atoms with Crippen LogP contribution in [0.1, 0.15) is 29.7 Å². The molecule has 0 saturated carbocycles. The summed E-state index contributed by atoms with van der Waals surface area (Å²) < 4.78 is 4.99. The van der Waals surface area contributed by atoms with Crippen LogP contribution in [0.5, 0.6) is 0 Å². The summed E-state index contributed by atoms with van der Waals surface area (Å²) in [5, 5.41) is 5.17. The van der Waals surface area contributed by atoms with Crippen LogP contribution >= 0.6 is 0 Å². The number of fused-ring (bicyclic) bond motifs is 6. The molecule has 1 unspecified atom stereocenters. The van der Waals surface area contributed by atoms with Gasteiger partial charge in [0.1, 0.15) is 0 Å². The van der Waals surface area contributed by atoms with E-state index in [0.717, 1.165) is 6.42 Å². The molecule has 2 heteroatoms. The van der Waals surface area contributed by atoms with Gasteiger partial charge in [0.05, 0.1) is 17.1 Å². The predicted octanol–water partition coefficient (Wildman–Crippen LogP) is 10.0. The van der Waals surface area contributed by atoms with E-state index >= 15 is 0 Å². The minimum atomic E-state index is 0.230. The van der Waals surface area contributed by atoms with Gasteiger partial charge in [0.15, 0.2) is 0 Å². The van der Waals surface area contributed by atoms with Crippen molar-refractivity contribution < 1.29 is 0 Å². The number of hydrogen-bond donors (Lipinski definition) is 0. The van der Waals surface area contributed by atoms with Crippen LogP contribution < -0.4 is 0 Å². The zero-order valence-corrected chi connectivity index (χ0v) is 22.9. The monoisotopic (exact) mass is 524 g/mol. The molecular weight excluding hydrogens is 496 g/mol. The molecule has 194 valence electrons. The molecule has 0 bridgehead atoms.